The molecule has 1 aromatic carbocycles. The molecule has 4 saturated carbocycles. The van der Waals surface area contributed by atoms with Crippen molar-refractivity contribution in [2.24, 2.45) is 58.2 Å². The molecule has 5 aliphatic rings. The van der Waals surface area contributed by atoms with E-state index in [1.54, 1.807) is 24.3 Å². The molecule has 1 heterocycles. The van der Waals surface area contributed by atoms with Crippen molar-refractivity contribution in [2.75, 3.05) is 5.75 Å². The first-order valence-corrected chi connectivity index (χ1v) is 18.9. The molecular formula is C36H56O5S. The van der Waals surface area contributed by atoms with Crippen LogP contribution in [0, 0.1) is 58.2 Å². The maximum Gasteiger partial charge on any atom is 0.202 e. The Morgan fingerprint density at radius 1 is 0.905 bits per heavy atom. The van der Waals surface area contributed by atoms with Crippen molar-refractivity contribution in [1.82, 2.24) is 0 Å². The van der Waals surface area contributed by atoms with Crippen LogP contribution in [0.1, 0.15) is 112 Å². The van der Waals surface area contributed by atoms with Gasteiger partial charge in [0.15, 0.2) is 9.84 Å². The average molecular weight is 601 g/mol. The highest BCUT2D eigenvalue weighted by Crippen LogP contribution is 2.70. The fraction of sp³-hybridized carbons (Fsp3) is 0.833. The van der Waals surface area contributed by atoms with E-state index in [1.165, 1.54) is 51.4 Å². The van der Waals surface area contributed by atoms with Gasteiger partial charge in [-0.1, -0.05) is 72.1 Å². The normalized spacial score (nSPS) is 44.1. The Bertz CT molecular complexity index is 1200. The van der Waals surface area contributed by atoms with Gasteiger partial charge in [0.05, 0.1) is 10.6 Å². The molecule has 1 saturated heterocycles. The summed E-state index contributed by atoms with van der Waals surface area (Å²) in [6, 6.07) is 8.60. The summed E-state index contributed by atoms with van der Waals surface area (Å²) in [5.41, 5.74) is 0.626. The van der Waals surface area contributed by atoms with Crippen molar-refractivity contribution in [3.63, 3.8) is 0 Å². The number of sulfone groups is 1. The minimum absolute atomic E-state index is 0.104. The molecule has 5 nitrogen and oxygen atoms in total. The molecule has 0 spiro atoms. The molecule has 0 radical (unpaired) electrons. The average Bonchev–Trinajstić information content (AvgIpc) is 3.30. The van der Waals surface area contributed by atoms with Gasteiger partial charge < -0.3 is 5.11 Å². The third kappa shape index (κ3) is 5.43. The molecule has 1 N–H and O–H groups in total. The Kier molecular flexibility index (Phi) is 8.46. The molecule has 0 unspecified atom stereocenters. The van der Waals surface area contributed by atoms with Gasteiger partial charge in [0.25, 0.3) is 0 Å². The molecule has 6 rings (SSSR count). The molecule has 1 aromatic rings. The van der Waals surface area contributed by atoms with Crippen molar-refractivity contribution in [2.45, 2.75) is 128 Å². The molecule has 6 heteroatoms. The van der Waals surface area contributed by atoms with E-state index in [0.717, 1.165) is 42.4 Å². The number of hydrogen-bond donors (Lipinski definition) is 1. The fourth-order valence-corrected chi connectivity index (χ4v) is 12.8. The highest BCUT2D eigenvalue weighted by Gasteiger charge is 2.64. The van der Waals surface area contributed by atoms with Gasteiger partial charge in [0.1, 0.15) is 6.10 Å². The summed E-state index contributed by atoms with van der Waals surface area (Å²) < 4.78 is 26.2. The molecule has 1 aliphatic heterocycles. The Balaban J connectivity index is 1.15. The van der Waals surface area contributed by atoms with Crippen LogP contribution in [-0.4, -0.2) is 31.2 Å². The van der Waals surface area contributed by atoms with E-state index in [9.17, 15) is 13.5 Å². The summed E-state index contributed by atoms with van der Waals surface area (Å²) in [6.07, 6.45) is 13.4. The Labute approximate surface area is 255 Å². The monoisotopic (exact) mass is 600 g/mol. The molecule has 4 aliphatic carbocycles. The highest BCUT2D eigenvalue weighted by molar-refractivity contribution is 7.91. The Morgan fingerprint density at radius 3 is 2.38 bits per heavy atom. The van der Waals surface area contributed by atoms with E-state index >= 15 is 0 Å². The predicted molar refractivity (Wildman–Crippen MR) is 166 cm³/mol. The maximum absolute atomic E-state index is 13.1. The zero-order valence-corrected chi connectivity index (χ0v) is 27.6. The van der Waals surface area contributed by atoms with Gasteiger partial charge in [-0.05, 0) is 116 Å². The van der Waals surface area contributed by atoms with Gasteiger partial charge in [-0.2, -0.15) is 0 Å². The summed E-state index contributed by atoms with van der Waals surface area (Å²) in [4.78, 5) is 11.7. The minimum atomic E-state index is -3.50. The SMILES string of the molecule is CC(C)CCC[C@@H](C)[C@H]1CC[C@H]2[C@@H]3CC[C@H]4C[C@@]5(O)OO[C@H](CS(=O)(=O)c6ccccc6)C[C@@H]5C[C@]4(C)[C@H]3CC[C@]12C. The molecule has 236 valence electrons. The van der Waals surface area contributed by atoms with E-state index in [0.29, 0.717) is 35.0 Å². The zero-order chi connectivity index (χ0) is 29.9. The fourth-order valence-electron chi connectivity index (χ4n) is 11.4. The van der Waals surface area contributed by atoms with Crippen LogP contribution < -0.4 is 0 Å². The summed E-state index contributed by atoms with van der Waals surface area (Å²) in [6.45, 7) is 12.4. The van der Waals surface area contributed by atoms with Crippen LogP contribution in [0.25, 0.3) is 0 Å². The third-order valence-corrected chi connectivity index (χ3v) is 15.3. The Morgan fingerprint density at radius 2 is 1.64 bits per heavy atom. The second-order valence-electron chi connectivity index (χ2n) is 16.3. The smallest absolute Gasteiger partial charge is 0.202 e. The molecular weight excluding hydrogens is 544 g/mol. The van der Waals surface area contributed by atoms with Gasteiger partial charge in [0.2, 0.25) is 5.79 Å². The topological polar surface area (TPSA) is 72.8 Å². The number of rotatable bonds is 8. The first-order valence-electron chi connectivity index (χ1n) is 17.2. The molecule has 0 aromatic heterocycles. The number of hydrogen-bond acceptors (Lipinski definition) is 5. The van der Waals surface area contributed by atoms with E-state index in [2.05, 4.69) is 34.6 Å². The van der Waals surface area contributed by atoms with Crippen LogP contribution in [0.5, 0.6) is 0 Å². The quantitative estimate of drug-likeness (QED) is 0.304. The van der Waals surface area contributed by atoms with Crippen LogP contribution in [0.15, 0.2) is 35.2 Å². The van der Waals surface area contributed by atoms with E-state index in [4.69, 9.17) is 9.78 Å². The maximum atomic E-state index is 13.1. The minimum Gasteiger partial charge on any atom is -0.363 e. The van der Waals surface area contributed by atoms with Crippen LogP contribution in [0.2, 0.25) is 0 Å². The lowest BCUT2D eigenvalue weighted by Crippen LogP contribution is -2.61. The number of benzene rings is 1. The van der Waals surface area contributed by atoms with Crippen LogP contribution in [0.4, 0.5) is 0 Å². The Hall–Kier alpha value is -0.950. The lowest BCUT2D eigenvalue weighted by Gasteiger charge is -2.64. The van der Waals surface area contributed by atoms with Crippen LogP contribution >= 0.6 is 0 Å². The summed E-state index contributed by atoms with van der Waals surface area (Å²) in [7, 11) is -3.50. The van der Waals surface area contributed by atoms with Crippen molar-refractivity contribution in [3.05, 3.63) is 30.3 Å². The van der Waals surface area contributed by atoms with Crippen molar-refractivity contribution in [3.8, 4) is 0 Å². The lowest BCUT2D eigenvalue weighted by molar-refractivity contribution is -0.487. The largest absolute Gasteiger partial charge is 0.363 e. The standard InChI is InChI=1S/C36H56O5S/c1-24(2)10-9-11-25(3)31-16-17-32-30-15-14-26-22-36(37)27(21-35(26,5)33(30)18-19-34(31,32)4)20-28(40-41-36)23-42(38,39)29-12-7-6-8-13-29/h6-8,12-13,24-28,30-33,37H,9-11,14-23H2,1-5H3/t25-,26+,27-,28+,30+,31-,32+,33+,34-,35+,36-/m1/s1. The zero-order valence-electron chi connectivity index (χ0n) is 26.8. The molecule has 5 fully saturated rings. The first-order chi connectivity index (χ1) is 19.9. The molecule has 0 amide bonds. The summed E-state index contributed by atoms with van der Waals surface area (Å²) in [5.74, 6) is 3.64. The lowest BCUT2D eigenvalue weighted by atomic mass is 9.43. The molecule has 42 heavy (non-hydrogen) atoms. The van der Waals surface area contributed by atoms with Crippen molar-refractivity contribution < 1.29 is 23.3 Å². The van der Waals surface area contributed by atoms with Crippen LogP contribution in [0.3, 0.4) is 0 Å². The summed E-state index contributed by atoms with van der Waals surface area (Å²) in [5, 5.41) is 11.7. The highest BCUT2D eigenvalue weighted by atomic mass is 32.2. The summed E-state index contributed by atoms with van der Waals surface area (Å²) >= 11 is 0. The van der Waals surface area contributed by atoms with Crippen molar-refractivity contribution in [1.29, 1.82) is 0 Å². The number of fused-ring (bicyclic) bond motifs is 6. The first kappa shape index (κ1) is 31.0. The predicted octanol–water partition coefficient (Wildman–Crippen LogP) is 8.22. The third-order valence-electron chi connectivity index (χ3n) is 13.5. The van der Waals surface area contributed by atoms with E-state index in [1.807, 2.05) is 6.07 Å². The van der Waals surface area contributed by atoms with Crippen LogP contribution in [-0.2, 0) is 19.6 Å². The van der Waals surface area contributed by atoms with Gasteiger partial charge in [-0.3, -0.25) is 0 Å². The molecule has 11 atom stereocenters. The van der Waals surface area contributed by atoms with E-state index < -0.39 is 21.7 Å². The van der Waals surface area contributed by atoms with Gasteiger partial charge >= 0.3 is 0 Å². The van der Waals surface area contributed by atoms with Gasteiger partial charge in [0, 0.05) is 12.3 Å². The second-order valence-corrected chi connectivity index (χ2v) is 18.3. The van der Waals surface area contributed by atoms with Crippen molar-refractivity contribution >= 4 is 9.84 Å². The molecule has 0 bridgehead atoms. The van der Waals surface area contributed by atoms with E-state index in [-0.39, 0.29) is 17.1 Å². The number of aliphatic hydroxyl groups is 1. The second kappa shape index (κ2) is 11.4. The van der Waals surface area contributed by atoms with Gasteiger partial charge in [-0.25, -0.2) is 18.2 Å². The van der Waals surface area contributed by atoms with Gasteiger partial charge in [-0.15, -0.1) is 0 Å².